The molecule has 0 spiro atoms. The van der Waals surface area contributed by atoms with Crippen LogP contribution >= 0.6 is 0 Å². The Kier molecular flexibility index (Phi) is 250. The van der Waals surface area contributed by atoms with Crippen LogP contribution < -0.4 is 20.7 Å². The van der Waals surface area contributed by atoms with E-state index < -0.39 is 78.5 Å². The summed E-state index contributed by atoms with van der Waals surface area (Å²) in [5, 5.41) is 0. The third-order valence-electron chi connectivity index (χ3n) is 0. The second kappa shape index (κ2) is 99.7. The summed E-state index contributed by atoms with van der Waals surface area (Å²) < 4.78 is 85.3. The standard InChI is InChI=1S/Ca.Ga.5GeHO2/c;;5*2-1-3/h;;5*1H/q+2;+3;5*-1. The van der Waals surface area contributed by atoms with Gasteiger partial charge in [-0.3, -0.25) is 0 Å². The van der Waals surface area contributed by atoms with Crippen molar-refractivity contribution in [3.05, 3.63) is 0 Å². The van der Waals surface area contributed by atoms with E-state index in [1.165, 1.54) is 0 Å². The Morgan fingerprint density at radius 1 is 0.471 bits per heavy atom. The molecule has 0 aliphatic carbocycles. The van der Waals surface area contributed by atoms with Crippen LogP contribution in [0.1, 0.15) is 0 Å². The SMILES string of the molecule is [Ca+2].[Ga+3].[O]=[GeH][O-].[O]=[GeH][O-].[O]=[GeH][O-].[O]=[GeH][O-].[O]=[GeH][O-]. The van der Waals surface area contributed by atoms with Gasteiger partial charge in [0.05, 0.1) is 0 Å². The van der Waals surface area contributed by atoms with Crippen LogP contribution in [0.4, 0.5) is 0 Å². The first-order chi connectivity index (χ1) is 7.07. The summed E-state index contributed by atoms with van der Waals surface area (Å²) in [6.07, 6.45) is 0. The van der Waals surface area contributed by atoms with E-state index in [9.17, 15) is 0 Å². The number of hydrogen-bond acceptors (Lipinski definition) is 10. The van der Waals surface area contributed by atoms with Crippen LogP contribution in [0, 0.1) is 0 Å². The summed E-state index contributed by atoms with van der Waals surface area (Å²) in [6, 6.07) is 0. The van der Waals surface area contributed by atoms with Crippen LogP contribution in [0.3, 0.4) is 0 Å². The maximum absolute atomic E-state index is 8.53. The summed E-state index contributed by atoms with van der Waals surface area (Å²) in [5.41, 5.74) is 0. The molecular weight excluding hydrogens is 633 g/mol. The van der Waals surface area contributed by atoms with Gasteiger partial charge in [-0.15, -0.1) is 0 Å². The molecule has 0 bridgehead atoms. The predicted octanol–water partition coefficient (Wildman–Crippen LogP) is -10.5. The van der Waals surface area contributed by atoms with E-state index in [4.69, 9.17) is 39.6 Å². The zero-order chi connectivity index (χ0) is 13.5. The van der Waals surface area contributed by atoms with E-state index in [0.717, 1.165) is 0 Å². The van der Waals surface area contributed by atoms with E-state index in [0.29, 0.717) is 0 Å². The fourth-order valence-electron chi connectivity index (χ4n) is 0. The van der Waals surface area contributed by atoms with Crippen LogP contribution in [0.5, 0.6) is 0 Å². The topological polar surface area (TPSA) is 201 Å². The fourth-order valence-corrected chi connectivity index (χ4v) is 0. The van der Waals surface area contributed by atoms with E-state index >= 15 is 0 Å². The fraction of sp³-hybridized carbons (Fsp3) is 0. The van der Waals surface area contributed by atoms with Crippen LogP contribution in [0.2, 0.25) is 0 Å². The van der Waals surface area contributed by atoms with Gasteiger partial charge in [0.2, 0.25) is 0 Å². The van der Waals surface area contributed by atoms with E-state index in [2.05, 4.69) is 0 Å². The molecule has 90 valence electrons. The molecule has 0 heterocycles. The van der Waals surface area contributed by atoms with Crippen molar-refractivity contribution in [1.82, 2.24) is 0 Å². The van der Waals surface area contributed by atoms with Crippen LogP contribution in [-0.2, 0) is 18.9 Å². The third kappa shape index (κ3) is 754. The van der Waals surface area contributed by atoms with Gasteiger partial charge in [-0.1, -0.05) is 0 Å². The average molecular weight is 638 g/mol. The molecule has 0 amide bonds. The van der Waals surface area contributed by atoms with Crippen LogP contribution in [0.25, 0.3) is 0 Å². The van der Waals surface area contributed by atoms with Gasteiger partial charge in [0.15, 0.2) is 0 Å². The van der Waals surface area contributed by atoms with Gasteiger partial charge in [0.25, 0.3) is 0 Å². The number of rotatable bonds is 0. The zero-order valence-corrected chi connectivity index (χ0v) is 25.0. The summed E-state index contributed by atoms with van der Waals surface area (Å²) in [4.78, 5) is 0. The molecule has 0 aliphatic heterocycles. The van der Waals surface area contributed by atoms with Crippen molar-refractivity contribution in [3.8, 4) is 0 Å². The van der Waals surface area contributed by atoms with Crippen molar-refractivity contribution in [1.29, 1.82) is 0 Å². The molecule has 0 rings (SSSR count). The normalized spacial score (nSPS) is 3.53. The minimum absolute atomic E-state index is 0. The molecule has 0 fully saturated rings. The van der Waals surface area contributed by atoms with Gasteiger partial charge < -0.3 is 0 Å². The monoisotopic (exact) mass is 643 g/mol. The molecule has 0 aromatic heterocycles. The first-order valence-electron chi connectivity index (χ1n) is 2.36. The van der Waals surface area contributed by atoms with E-state index in [1.54, 1.807) is 0 Å². The van der Waals surface area contributed by atoms with Gasteiger partial charge in [-0.25, -0.2) is 0 Å². The molecule has 17 heteroatoms. The van der Waals surface area contributed by atoms with Gasteiger partial charge in [0.1, 0.15) is 0 Å². The summed E-state index contributed by atoms with van der Waals surface area (Å²) in [7, 11) is 0. The van der Waals surface area contributed by atoms with Gasteiger partial charge >= 0.3 is 176 Å². The molecule has 0 saturated carbocycles. The average Bonchev–Trinajstić information content (AvgIpc) is 2.09. The Hall–Kier alpha value is 2.61. The first-order valence-corrected chi connectivity index (χ1v) is 12.2. The quantitative estimate of drug-likeness (QED) is 0.230. The molecule has 0 N–H and O–H groups in total. The molecule has 0 radical (unpaired) electrons. The molecule has 17 heavy (non-hydrogen) atoms. The Balaban J connectivity index is -0.0000000143. The molecule has 10 nitrogen and oxygen atoms in total. The number of hydrogen-bond donors (Lipinski definition) is 0. The molecule has 0 atom stereocenters. The third-order valence-corrected chi connectivity index (χ3v) is 0. The Morgan fingerprint density at radius 3 is 0.471 bits per heavy atom. The molecule has 0 unspecified atom stereocenters. The van der Waals surface area contributed by atoms with Crippen LogP contribution in [-0.4, -0.2) is 136 Å². The second-order valence-corrected chi connectivity index (χ2v) is 2.50. The van der Waals surface area contributed by atoms with Crippen LogP contribution in [0.15, 0.2) is 0 Å². The molecule has 0 aromatic rings. The molecule has 0 aromatic carbocycles. The molecule has 0 aliphatic rings. The van der Waals surface area contributed by atoms with Gasteiger partial charge in [-0.05, 0) is 0 Å². The Labute approximate surface area is 172 Å². The Morgan fingerprint density at radius 2 is 0.471 bits per heavy atom. The van der Waals surface area contributed by atoms with Crippen molar-refractivity contribution >= 4 is 136 Å². The first kappa shape index (κ1) is 42.7. The van der Waals surface area contributed by atoms with Gasteiger partial charge in [0, 0.05) is 0 Å². The minimum atomic E-state index is -2.19. The summed E-state index contributed by atoms with van der Waals surface area (Å²) in [5.74, 6) is 0. The summed E-state index contributed by atoms with van der Waals surface area (Å²) >= 11 is -10.9. The van der Waals surface area contributed by atoms with Crippen molar-refractivity contribution in [2.75, 3.05) is 0 Å². The van der Waals surface area contributed by atoms with Crippen molar-refractivity contribution in [2.45, 2.75) is 0 Å². The molecule has 0 saturated heterocycles. The van der Waals surface area contributed by atoms with E-state index in [-0.39, 0.29) is 57.5 Å². The Bertz CT molecular complexity index is 97.0. The maximum atomic E-state index is 8.53. The van der Waals surface area contributed by atoms with Crippen molar-refractivity contribution in [2.24, 2.45) is 0 Å². The molecular formula is H5CaGaGe5O10. The van der Waals surface area contributed by atoms with Crippen molar-refractivity contribution < 1.29 is 39.6 Å². The van der Waals surface area contributed by atoms with Gasteiger partial charge in [-0.2, -0.15) is 0 Å². The van der Waals surface area contributed by atoms with Crippen molar-refractivity contribution in [3.63, 3.8) is 0 Å². The predicted molar refractivity (Wildman–Crippen MR) is 50.7 cm³/mol. The zero-order valence-electron chi connectivity index (χ0n) is 8.25. The second-order valence-electron chi connectivity index (χ2n) is 0.481. The van der Waals surface area contributed by atoms with E-state index in [1.807, 2.05) is 0 Å². The summed E-state index contributed by atoms with van der Waals surface area (Å²) in [6.45, 7) is 0.